The summed E-state index contributed by atoms with van der Waals surface area (Å²) in [5.41, 5.74) is 1.06. The topological polar surface area (TPSA) is 48.7 Å². The normalized spacial score (nSPS) is 21.3. The van der Waals surface area contributed by atoms with Crippen LogP contribution in [-0.2, 0) is 7.05 Å². The molecule has 0 saturated heterocycles. The minimum absolute atomic E-state index is 0.0172. The number of anilines is 2. The number of fused-ring (bicyclic) bond motifs is 1. The predicted molar refractivity (Wildman–Crippen MR) is 96.4 cm³/mol. The molecule has 1 aliphatic carbocycles. The summed E-state index contributed by atoms with van der Waals surface area (Å²) in [7, 11) is 4.21. The molecule has 6 nitrogen and oxygen atoms in total. The monoisotopic (exact) mass is 318 g/mol. The number of rotatable bonds is 5. The summed E-state index contributed by atoms with van der Waals surface area (Å²) in [4.78, 5) is 14.1. The fourth-order valence-electron chi connectivity index (χ4n) is 3.51. The average molecular weight is 318 g/mol. The predicted octanol–water partition coefficient (Wildman–Crippen LogP) is 2.66. The van der Waals surface area contributed by atoms with Gasteiger partial charge in [0, 0.05) is 32.7 Å². The molecule has 1 atom stereocenters. The van der Waals surface area contributed by atoms with Gasteiger partial charge in [0.1, 0.15) is 17.7 Å². The van der Waals surface area contributed by atoms with Crippen LogP contribution in [0.25, 0.3) is 0 Å². The first kappa shape index (κ1) is 16.3. The van der Waals surface area contributed by atoms with Gasteiger partial charge in [-0.05, 0) is 33.6 Å². The second-order valence-corrected chi connectivity index (χ2v) is 6.99. The van der Waals surface area contributed by atoms with Crippen molar-refractivity contribution < 1.29 is 0 Å². The number of hydrogen-bond donors (Lipinski definition) is 1. The van der Waals surface area contributed by atoms with E-state index in [1.165, 1.54) is 31.5 Å². The first-order valence-electron chi connectivity index (χ1n) is 8.88. The summed E-state index contributed by atoms with van der Waals surface area (Å²) < 4.78 is 2.20. The Morgan fingerprint density at radius 2 is 2.04 bits per heavy atom. The Bertz CT molecular complexity index is 570. The molecule has 2 heterocycles. The molecule has 1 unspecified atom stereocenters. The standard InChI is InChI=1S/C17H30N6/c1-6-23-11-18-15(19-13-9-7-8-10-13)14-16(23)22(5)17(20-14)21(4)12(2)3/h11-13,15,19H,6-10H2,1-5H3. The van der Waals surface area contributed by atoms with E-state index in [4.69, 9.17) is 9.98 Å². The van der Waals surface area contributed by atoms with Gasteiger partial charge in [0.15, 0.2) is 0 Å². The maximum atomic E-state index is 4.96. The Balaban J connectivity index is 1.94. The molecule has 1 fully saturated rings. The van der Waals surface area contributed by atoms with Gasteiger partial charge in [-0.2, -0.15) is 0 Å². The van der Waals surface area contributed by atoms with Gasteiger partial charge in [-0.3, -0.25) is 9.88 Å². The molecule has 1 aromatic heterocycles. The quantitative estimate of drug-likeness (QED) is 0.907. The van der Waals surface area contributed by atoms with E-state index in [9.17, 15) is 0 Å². The van der Waals surface area contributed by atoms with Crippen molar-refractivity contribution in [1.29, 1.82) is 0 Å². The fourth-order valence-corrected chi connectivity index (χ4v) is 3.51. The van der Waals surface area contributed by atoms with Crippen LogP contribution < -0.4 is 15.1 Å². The van der Waals surface area contributed by atoms with Gasteiger partial charge in [-0.1, -0.05) is 12.8 Å². The van der Waals surface area contributed by atoms with Crippen LogP contribution in [0.4, 0.5) is 11.8 Å². The van der Waals surface area contributed by atoms with E-state index in [1.54, 1.807) is 0 Å². The van der Waals surface area contributed by atoms with Gasteiger partial charge in [0.05, 0.1) is 6.34 Å². The molecule has 1 aromatic rings. The molecule has 0 bridgehead atoms. The highest BCUT2D eigenvalue weighted by Crippen LogP contribution is 2.34. The third kappa shape index (κ3) is 2.96. The first-order valence-corrected chi connectivity index (χ1v) is 8.88. The van der Waals surface area contributed by atoms with E-state index < -0.39 is 0 Å². The molecular formula is C17H30N6. The highest BCUT2D eigenvalue weighted by atomic mass is 15.4. The van der Waals surface area contributed by atoms with Crippen molar-refractivity contribution in [2.45, 2.75) is 64.7 Å². The maximum absolute atomic E-state index is 4.96. The number of aliphatic imine (C=N–C) groups is 1. The van der Waals surface area contributed by atoms with Gasteiger partial charge >= 0.3 is 0 Å². The van der Waals surface area contributed by atoms with E-state index in [2.05, 4.69) is 54.6 Å². The smallest absolute Gasteiger partial charge is 0.207 e. The third-order valence-corrected chi connectivity index (χ3v) is 5.13. The highest BCUT2D eigenvalue weighted by molar-refractivity contribution is 5.82. The van der Waals surface area contributed by atoms with Crippen molar-refractivity contribution in [2.24, 2.45) is 12.0 Å². The second-order valence-electron chi connectivity index (χ2n) is 6.99. The Morgan fingerprint density at radius 1 is 1.35 bits per heavy atom. The molecule has 0 amide bonds. The summed E-state index contributed by atoms with van der Waals surface area (Å²) in [6.07, 6.45) is 7.11. The van der Waals surface area contributed by atoms with Gasteiger partial charge in [0.2, 0.25) is 5.95 Å². The van der Waals surface area contributed by atoms with Gasteiger partial charge in [-0.25, -0.2) is 9.98 Å². The minimum atomic E-state index is -0.0172. The first-order chi connectivity index (χ1) is 11.0. The molecule has 0 aromatic carbocycles. The van der Waals surface area contributed by atoms with E-state index >= 15 is 0 Å². The van der Waals surface area contributed by atoms with Crippen molar-refractivity contribution in [3.8, 4) is 0 Å². The Hall–Kier alpha value is -1.56. The van der Waals surface area contributed by atoms with Crippen LogP contribution in [0.5, 0.6) is 0 Å². The number of nitrogens with zero attached hydrogens (tertiary/aromatic N) is 5. The average Bonchev–Trinajstić information content (AvgIpc) is 3.15. The zero-order valence-electron chi connectivity index (χ0n) is 15.1. The number of hydrogen-bond acceptors (Lipinski definition) is 5. The van der Waals surface area contributed by atoms with E-state index in [0.29, 0.717) is 12.1 Å². The van der Waals surface area contributed by atoms with E-state index in [0.717, 1.165) is 18.2 Å². The van der Waals surface area contributed by atoms with Crippen LogP contribution in [0.2, 0.25) is 0 Å². The third-order valence-electron chi connectivity index (χ3n) is 5.13. The number of nitrogens with one attached hydrogen (secondary N) is 1. The number of aromatic nitrogens is 2. The Kier molecular flexibility index (Phi) is 4.62. The molecule has 2 aliphatic rings. The zero-order chi connectivity index (χ0) is 16.6. The van der Waals surface area contributed by atoms with E-state index in [-0.39, 0.29) is 6.17 Å². The van der Waals surface area contributed by atoms with Crippen molar-refractivity contribution >= 4 is 18.1 Å². The van der Waals surface area contributed by atoms with Crippen molar-refractivity contribution in [2.75, 3.05) is 23.4 Å². The highest BCUT2D eigenvalue weighted by Gasteiger charge is 2.31. The molecule has 3 rings (SSSR count). The maximum Gasteiger partial charge on any atom is 0.207 e. The van der Waals surface area contributed by atoms with Gasteiger partial charge in [0.25, 0.3) is 0 Å². The van der Waals surface area contributed by atoms with Crippen LogP contribution in [0, 0.1) is 0 Å². The molecular weight excluding hydrogens is 288 g/mol. The number of imidazole rings is 1. The molecule has 128 valence electrons. The van der Waals surface area contributed by atoms with Crippen molar-refractivity contribution in [3.63, 3.8) is 0 Å². The van der Waals surface area contributed by atoms with Gasteiger partial charge in [-0.15, -0.1) is 0 Å². The lowest BCUT2D eigenvalue weighted by Crippen LogP contribution is -2.36. The molecule has 23 heavy (non-hydrogen) atoms. The van der Waals surface area contributed by atoms with Crippen LogP contribution in [0.15, 0.2) is 4.99 Å². The van der Waals surface area contributed by atoms with Crippen LogP contribution in [-0.4, -0.2) is 41.6 Å². The van der Waals surface area contributed by atoms with Crippen molar-refractivity contribution in [1.82, 2.24) is 14.9 Å². The Morgan fingerprint density at radius 3 is 2.65 bits per heavy atom. The lowest BCUT2D eigenvalue weighted by molar-refractivity contribution is 0.442. The molecule has 6 heteroatoms. The largest absolute Gasteiger partial charge is 0.343 e. The summed E-state index contributed by atoms with van der Waals surface area (Å²) in [5.74, 6) is 2.17. The molecule has 0 radical (unpaired) electrons. The minimum Gasteiger partial charge on any atom is -0.343 e. The van der Waals surface area contributed by atoms with Gasteiger partial charge < -0.3 is 9.80 Å². The Labute approximate surface area is 139 Å². The molecule has 0 spiro atoms. The fraction of sp³-hybridized carbons (Fsp3) is 0.765. The van der Waals surface area contributed by atoms with Crippen LogP contribution in [0.1, 0.15) is 58.3 Å². The van der Waals surface area contributed by atoms with Crippen LogP contribution >= 0.6 is 0 Å². The summed E-state index contributed by atoms with van der Waals surface area (Å²) in [6.45, 7) is 7.43. The van der Waals surface area contributed by atoms with E-state index in [1.807, 2.05) is 6.34 Å². The SMILES string of the molecule is CCN1C=NC(NC2CCCC2)c2nc(N(C)C(C)C)n(C)c21. The molecule has 1 N–H and O–H groups in total. The summed E-state index contributed by atoms with van der Waals surface area (Å²) in [5, 5.41) is 3.71. The summed E-state index contributed by atoms with van der Waals surface area (Å²) in [6, 6.07) is 0.987. The second kappa shape index (κ2) is 6.51. The lowest BCUT2D eigenvalue weighted by Gasteiger charge is -2.28. The molecule has 1 saturated carbocycles. The lowest BCUT2D eigenvalue weighted by atomic mass is 10.2. The van der Waals surface area contributed by atoms with Crippen LogP contribution in [0.3, 0.4) is 0 Å². The zero-order valence-corrected chi connectivity index (χ0v) is 15.1. The van der Waals surface area contributed by atoms with Crippen molar-refractivity contribution in [3.05, 3.63) is 5.69 Å². The molecule has 1 aliphatic heterocycles. The summed E-state index contributed by atoms with van der Waals surface area (Å²) >= 11 is 0.